The molecule has 0 radical (unpaired) electrons. The van der Waals surface area contributed by atoms with Gasteiger partial charge in [0.15, 0.2) is 0 Å². The van der Waals surface area contributed by atoms with E-state index in [1.807, 2.05) is 66.7 Å². The molecule has 0 heterocycles. The van der Waals surface area contributed by atoms with Gasteiger partial charge < -0.3 is 10.6 Å². The van der Waals surface area contributed by atoms with Crippen LogP contribution in [0.5, 0.6) is 0 Å². The number of anilines is 2. The molecule has 1 fully saturated rings. The molecule has 1 saturated carbocycles. The predicted octanol–water partition coefficient (Wildman–Crippen LogP) is 4.92. The minimum absolute atomic E-state index is 0.0394. The summed E-state index contributed by atoms with van der Waals surface area (Å²) in [6.07, 6.45) is 1.98. The molecule has 3 aromatic rings. The molecular formula is C22H20N2O2S. The second-order valence-electron chi connectivity index (χ2n) is 6.65. The first kappa shape index (κ1) is 17.6. The summed E-state index contributed by atoms with van der Waals surface area (Å²) in [4.78, 5) is 25.1. The largest absolute Gasteiger partial charge is 0.326 e. The first-order valence-corrected chi connectivity index (χ1v) is 9.99. The van der Waals surface area contributed by atoms with Crippen LogP contribution < -0.4 is 10.6 Å². The van der Waals surface area contributed by atoms with E-state index in [0.29, 0.717) is 5.75 Å². The maximum atomic E-state index is 12.3. The van der Waals surface area contributed by atoms with E-state index in [9.17, 15) is 9.59 Å². The zero-order valence-corrected chi connectivity index (χ0v) is 15.6. The van der Waals surface area contributed by atoms with Crippen LogP contribution in [0.15, 0.2) is 71.6 Å². The number of carbonyl (C=O) groups excluding carboxylic acids is 2. The van der Waals surface area contributed by atoms with Crippen LogP contribution in [0.25, 0.3) is 10.8 Å². The van der Waals surface area contributed by atoms with Crippen molar-refractivity contribution in [3.05, 3.63) is 66.7 Å². The molecule has 0 spiro atoms. The first-order valence-electron chi connectivity index (χ1n) is 9.00. The van der Waals surface area contributed by atoms with Crippen LogP contribution >= 0.6 is 11.8 Å². The van der Waals surface area contributed by atoms with E-state index in [1.165, 1.54) is 11.8 Å². The molecule has 3 aromatic carbocycles. The Morgan fingerprint density at radius 2 is 1.63 bits per heavy atom. The summed E-state index contributed by atoms with van der Waals surface area (Å²) in [5.41, 5.74) is 1.63. The van der Waals surface area contributed by atoms with Crippen molar-refractivity contribution in [3.63, 3.8) is 0 Å². The topological polar surface area (TPSA) is 58.2 Å². The quantitative estimate of drug-likeness (QED) is 0.601. The highest BCUT2D eigenvalue weighted by Crippen LogP contribution is 2.30. The molecule has 5 heteroatoms. The lowest BCUT2D eigenvalue weighted by Crippen LogP contribution is -2.14. The molecule has 0 aliphatic heterocycles. The van der Waals surface area contributed by atoms with Crippen LogP contribution in [-0.4, -0.2) is 17.6 Å². The van der Waals surface area contributed by atoms with Crippen LogP contribution in [0.3, 0.4) is 0 Å². The lowest BCUT2D eigenvalue weighted by atomic mass is 10.1. The maximum Gasteiger partial charge on any atom is 0.234 e. The second-order valence-corrected chi connectivity index (χ2v) is 7.70. The fourth-order valence-corrected chi connectivity index (χ4v) is 3.59. The van der Waals surface area contributed by atoms with Crippen molar-refractivity contribution in [2.75, 3.05) is 16.4 Å². The Kier molecular flexibility index (Phi) is 5.12. The van der Waals surface area contributed by atoms with Crippen molar-refractivity contribution >= 4 is 45.7 Å². The van der Waals surface area contributed by atoms with Crippen molar-refractivity contribution in [3.8, 4) is 0 Å². The SMILES string of the molecule is O=C(CSc1ccc(NC(=O)C2CC2)cc1)Nc1cccc2ccccc12. The van der Waals surface area contributed by atoms with Gasteiger partial charge in [-0.05, 0) is 48.6 Å². The smallest absolute Gasteiger partial charge is 0.234 e. The average Bonchev–Trinajstić information content (AvgIpc) is 3.53. The standard InChI is InChI=1S/C22H20N2O2S/c25-21(24-20-7-3-5-15-4-1-2-6-19(15)20)14-27-18-12-10-17(11-13-18)23-22(26)16-8-9-16/h1-7,10-13,16H,8-9,14H2,(H,23,26)(H,24,25). The van der Waals surface area contributed by atoms with Crippen LogP contribution in [0.2, 0.25) is 0 Å². The number of thioether (sulfide) groups is 1. The summed E-state index contributed by atoms with van der Waals surface area (Å²) < 4.78 is 0. The molecule has 0 aromatic heterocycles. The Morgan fingerprint density at radius 3 is 2.41 bits per heavy atom. The van der Waals surface area contributed by atoms with Crippen LogP contribution in [0.1, 0.15) is 12.8 Å². The van der Waals surface area contributed by atoms with Crippen LogP contribution in [-0.2, 0) is 9.59 Å². The number of amides is 2. The van der Waals surface area contributed by atoms with E-state index in [2.05, 4.69) is 10.6 Å². The number of benzene rings is 3. The first-order chi connectivity index (χ1) is 13.2. The molecule has 136 valence electrons. The van der Waals surface area contributed by atoms with Gasteiger partial charge in [0.1, 0.15) is 0 Å². The monoisotopic (exact) mass is 376 g/mol. The number of fused-ring (bicyclic) bond motifs is 1. The van der Waals surface area contributed by atoms with E-state index < -0.39 is 0 Å². The van der Waals surface area contributed by atoms with E-state index >= 15 is 0 Å². The summed E-state index contributed by atoms with van der Waals surface area (Å²) in [6, 6.07) is 21.5. The van der Waals surface area contributed by atoms with Gasteiger partial charge in [0.05, 0.1) is 5.75 Å². The van der Waals surface area contributed by atoms with Crippen molar-refractivity contribution in [2.24, 2.45) is 5.92 Å². The minimum Gasteiger partial charge on any atom is -0.326 e. The number of rotatable bonds is 6. The normalized spacial score (nSPS) is 13.3. The van der Waals surface area contributed by atoms with Gasteiger partial charge in [0.2, 0.25) is 11.8 Å². The highest BCUT2D eigenvalue weighted by molar-refractivity contribution is 8.00. The van der Waals surface area contributed by atoms with Gasteiger partial charge in [-0.25, -0.2) is 0 Å². The lowest BCUT2D eigenvalue weighted by molar-refractivity contribution is -0.117. The van der Waals surface area contributed by atoms with E-state index in [4.69, 9.17) is 0 Å². The molecule has 4 nitrogen and oxygen atoms in total. The summed E-state index contributed by atoms with van der Waals surface area (Å²) >= 11 is 1.47. The fraction of sp³-hybridized carbons (Fsp3) is 0.182. The van der Waals surface area contributed by atoms with Crippen molar-refractivity contribution < 1.29 is 9.59 Å². The van der Waals surface area contributed by atoms with Gasteiger partial charge in [-0.2, -0.15) is 0 Å². The third-order valence-corrected chi connectivity index (χ3v) is 5.52. The summed E-state index contributed by atoms with van der Waals surface area (Å²) in [5, 5.41) is 8.05. The zero-order chi connectivity index (χ0) is 18.6. The molecule has 2 N–H and O–H groups in total. The molecular weight excluding hydrogens is 356 g/mol. The van der Waals surface area contributed by atoms with Gasteiger partial charge in [0, 0.05) is 27.6 Å². The van der Waals surface area contributed by atoms with Crippen LogP contribution in [0.4, 0.5) is 11.4 Å². The molecule has 27 heavy (non-hydrogen) atoms. The molecule has 1 aliphatic carbocycles. The van der Waals surface area contributed by atoms with Gasteiger partial charge in [-0.15, -0.1) is 11.8 Å². The van der Waals surface area contributed by atoms with Gasteiger partial charge in [-0.1, -0.05) is 36.4 Å². The third-order valence-electron chi connectivity index (χ3n) is 4.50. The maximum absolute atomic E-state index is 12.3. The number of nitrogens with one attached hydrogen (secondary N) is 2. The average molecular weight is 376 g/mol. The second kappa shape index (κ2) is 7.84. The molecule has 0 atom stereocenters. The lowest BCUT2D eigenvalue weighted by Gasteiger charge is -2.09. The summed E-state index contributed by atoms with van der Waals surface area (Å²) in [7, 11) is 0. The Morgan fingerprint density at radius 1 is 0.889 bits per heavy atom. The Balaban J connectivity index is 1.32. The highest BCUT2D eigenvalue weighted by Gasteiger charge is 2.29. The fourth-order valence-electron chi connectivity index (χ4n) is 2.89. The third kappa shape index (κ3) is 4.49. The zero-order valence-electron chi connectivity index (χ0n) is 14.8. The number of hydrogen-bond acceptors (Lipinski definition) is 3. The van der Waals surface area contributed by atoms with E-state index in [1.54, 1.807) is 0 Å². The molecule has 4 rings (SSSR count). The number of carbonyl (C=O) groups is 2. The molecule has 2 amide bonds. The predicted molar refractivity (Wildman–Crippen MR) is 111 cm³/mol. The van der Waals surface area contributed by atoms with Gasteiger partial charge in [0.25, 0.3) is 0 Å². The van der Waals surface area contributed by atoms with Crippen LogP contribution in [0, 0.1) is 5.92 Å². The Bertz CT molecular complexity index is 976. The highest BCUT2D eigenvalue weighted by atomic mass is 32.2. The minimum atomic E-state index is -0.0394. The van der Waals surface area contributed by atoms with E-state index in [-0.39, 0.29) is 17.7 Å². The Hall–Kier alpha value is -2.79. The summed E-state index contributed by atoms with van der Waals surface area (Å²) in [6.45, 7) is 0. The molecule has 0 unspecified atom stereocenters. The van der Waals surface area contributed by atoms with Crippen molar-refractivity contribution in [1.29, 1.82) is 0 Å². The molecule has 1 aliphatic rings. The van der Waals surface area contributed by atoms with Crippen molar-refractivity contribution in [2.45, 2.75) is 17.7 Å². The number of hydrogen-bond donors (Lipinski definition) is 2. The summed E-state index contributed by atoms with van der Waals surface area (Å²) in [5.74, 6) is 0.584. The van der Waals surface area contributed by atoms with E-state index in [0.717, 1.165) is 39.9 Å². The van der Waals surface area contributed by atoms with Gasteiger partial charge >= 0.3 is 0 Å². The molecule has 0 bridgehead atoms. The Labute approximate surface area is 162 Å². The van der Waals surface area contributed by atoms with Crippen molar-refractivity contribution in [1.82, 2.24) is 0 Å². The van der Waals surface area contributed by atoms with Gasteiger partial charge in [-0.3, -0.25) is 9.59 Å². The molecule has 0 saturated heterocycles.